The molecule has 0 aromatic rings. The van der Waals surface area contributed by atoms with Gasteiger partial charge < -0.3 is 104 Å². The van der Waals surface area contributed by atoms with Crippen molar-refractivity contribution in [1.29, 1.82) is 0 Å². The third-order valence-electron chi connectivity index (χ3n) is 9.27. The minimum atomic E-state index is -1.68. The lowest BCUT2D eigenvalue weighted by Crippen LogP contribution is -2.67. The van der Waals surface area contributed by atoms with Gasteiger partial charge in [0.1, 0.15) is 61.0 Å². The van der Waals surface area contributed by atoms with Crippen LogP contribution in [-0.4, -0.2) is 184 Å². The predicted molar refractivity (Wildman–Crippen MR) is 161 cm³/mol. The minimum Gasteiger partial charge on any atom is -0.394 e. The quantitative estimate of drug-likeness (QED) is 0.0848. The molecule has 0 aromatic carbocycles. The molecule has 21 nitrogen and oxygen atoms in total. The SMILES string of the molecule is NCCC(O)C(=O)N[C@@H]1C[C@H](N)[C@@H](O[C@H]2O[C@H](CN)C[C@@H](O)[C@H]2N)[C@H](O[C@@H]2O[C@H](CO)[C@@H](O[C@H]3O[C@@H](CN)[C@@H](O)[C@H](O)[C@H]3N)[C@H]2O)[C@H]1O. The Morgan fingerprint density at radius 1 is 0.750 bits per heavy atom. The van der Waals surface area contributed by atoms with Crippen molar-refractivity contribution >= 4 is 5.91 Å². The summed E-state index contributed by atoms with van der Waals surface area (Å²) < 4.78 is 35.2. The maximum Gasteiger partial charge on any atom is 0.249 e. The number of rotatable bonds is 13. The van der Waals surface area contributed by atoms with Crippen molar-refractivity contribution in [1.82, 2.24) is 5.32 Å². The number of hydrogen-bond donors (Lipinski definition) is 14. The minimum absolute atomic E-state index is 0.0235. The molecular weight excluding hydrogens is 646 g/mol. The van der Waals surface area contributed by atoms with Crippen LogP contribution in [0.5, 0.6) is 0 Å². The predicted octanol–water partition coefficient (Wildman–Crippen LogP) is -9.00. The van der Waals surface area contributed by atoms with E-state index in [0.717, 1.165) is 0 Å². The summed E-state index contributed by atoms with van der Waals surface area (Å²) in [6.07, 6.45) is -19.9. The van der Waals surface area contributed by atoms with Crippen LogP contribution in [0.2, 0.25) is 0 Å². The fourth-order valence-electron chi connectivity index (χ4n) is 6.37. The topological polar surface area (TPSA) is 382 Å². The third kappa shape index (κ3) is 8.59. The summed E-state index contributed by atoms with van der Waals surface area (Å²) in [5.41, 5.74) is 35.5. The molecule has 0 bridgehead atoms. The maximum absolute atomic E-state index is 12.6. The normalized spacial score (nSPS) is 47.5. The summed E-state index contributed by atoms with van der Waals surface area (Å²) in [5.74, 6) is -0.820. The van der Waals surface area contributed by atoms with Gasteiger partial charge in [0.25, 0.3) is 0 Å². The number of aliphatic hydroxyl groups is 7. The second kappa shape index (κ2) is 17.3. The van der Waals surface area contributed by atoms with Gasteiger partial charge in [-0.05, 0) is 19.4 Å². The summed E-state index contributed by atoms with van der Waals surface area (Å²) in [7, 11) is 0. The van der Waals surface area contributed by atoms with Crippen molar-refractivity contribution in [2.24, 2.45) is 34.4 Å². The van der Waals surface area contributed by atoms with Gasteiger partial charge in [0, 0.05) is 25.6 Å². The summed E-state index contributed by atoms with van der Waals surface area (Å²) in [4.78, 5) is 12.6. The van der Waals surface area contributed by atoms with Crippen molar-refractivity contribution in [3.63, 3.8) is 0 Å². The van der Waals surface area contributed by atoms with Crippen LogP contribution in [0.25, 0.3) is 0 Å². The van der Waals surface area contributed by atoms with E-state index >= 15 is 0 Å². The molecule has 48 heavy (non-hydrogen) atoms. The number of amides is 1. The molecule has 1 amide bonds. The van der Waals surface area contributed by atoms with Gasteiger partial charge in [-0.25, -0.2) is 0 Å². The van der Waals surface area contributed by atoms with Crippen LogP contribution in [0, 0.1) is 0 Å². The molecular formula is C27H53N7O14. The molecule has 3 heterocycles. The van der Waals surface area contributed by atoms with Crippen molar-refractivity contribution < 1.29 is 69.0 Å². The van der Waals surface area contributed by atoms with Crippen LogP contribution in [-0.2, 0) is 33.2 Å². The highest BCUT2D eigenvalue weighted by molar-refractivity contribution is 5.80. The summed E-state index contributed by atoms with van der Waals surface area (Å²) in [6.45, 7) is -0.813. The van der Waals surface area contributed by atoms with E-state index in [-0.39, 0.29) is 38.9 Å². The lowest BCUT2D eigenvalue weighted by Gasteiger charge is -2.47. The molecule has 1 unspecified atom stereocenters. The van der Waals surface area contributed by atoms with E-state index in [2.05, 4.69) is 5.32 Å². The zero-order valence-corrected chi connectivity index (χ0v) is 26.4. The Morgan fingerprint density at radius 2 is 1.38 bits per heavy atom. The molecule has 4 aliphatic rings. The highest BCUT2D eigenvalue weighted by Crippen LogP contribution is 2.34. The smallest absolute Gasteiger partial charge is 0.249 e. The Balaban J connectivity index is 1.56. The fourth-order valence-corrected chi connectivity index (χ4v) is 6.37. The maximum atomic E-state index is 12.6. The Morgan fingerprint density at radius 3 is 2.00 bits per heavy atom. The lowest BCUT2D eigenvalue weighted by molar-refractivity contribution is -0.295. The van der Waals surface area contributed by atoms with E-state index in [9.17, 15) is 40.5 Å². The Bertz CT molecular complexity index is 1030. The molecule has 21 heteroatoms. The van der Waals surface area contributed by atoms with Crippen LogP contribution in [0.3, 0.4) is 0 Å². The van der Waals surface area contributed by atoms with E-state index < -0.39 is 129 Å². The van der Waals surface area contributed by atoms with E-state index in [1.165, 1.54) is 0 Å². The number of nitrogens with two attached hydrogens (primary N) is 6. The monoisotopic (exact) mass is 699 g/mol. The molecule has 1 aliphatic carbocycles. The summed E-state index contributed by atoms with van der Waals surface area (Å²) >= 11 is 0. The first kappa shape index (κ1) is 39.5. The summed E-state index contributed by atoms with van der Waals surface area (Å²) in [6, 6.07) is -4.41. The van der Waals surface area contributed by atoms with Crippen LogP contribution in [0.15, 0.2) is 0 Å². The van der Waals surface area contributed by atoms with Crippen LogP contribution >= 0.6 is 0 Å². The third-order valence-corrected chi connectivity index (χ3v) is 9.27. The molecule has 19 atom stereocenters. The number of hydrogen-bond acceptors (Lipinski definition) is 20. The molecule has 0 spiro atoms. The Labute approximate surface area is 276 Å². The second-order valence-electron chi connectivity index (χ2n) is 12.7. The fraction of sp³-hybridized carbons (Fsp3) is 0.963. The van der Waals surface area contributed by atoms with Gasteiger partial charge in [-0.3, -0.25) is 4.79 Å². The highest BCUT2D eigenvalue weighted by atomic mass is 16.8. The zero-order chi connectivity index (χ0) is 35.4. The number of aliphatic hydroxyl groups excluding tert-OH is 7. The molecule has 20 N–H and O–H groups in total. The van der Waals surface area contributed by atoms with Gasteiger partial charge in [-0.15, -0.1) is 0 Å². The van der Waals surface area contributed by atoms with Crippen molar-refractivity contribution in [3.05, 3.63) is 0 Å². The largest absolute Gasteiger partial charge is 0.394 e. The standard InChI is InChI=1S/C27H53N7O14/c28-2-1-11(36)24(42)34-10-4-9(31)21(46-25-15(32)12(37)3-8(5-29)43-25)23(17(10)38)48-27-20(41)22(14(7-35)45-27)47-26-16(33)19(40)18(39)13(6-30)44-26/h8-23,25-27,35-41H,1-7,28-33H2,(H,34,42)/t8-,9-,10+,11?,12+,13-,14+,15+,16+,17-,18+,19+,20+,21+,22+,23+,25+,26+,27-/m0/s1. The van der Waals surface area contributed by atoms with Gasteiger partial charge in [-0.2, -0.15) is 0 Å². The Kier molecular flexibility index (Phi) is 14.2. The molecule has 0 aromatic heterocycles. The van der Waals surface area contributed by atoms with Gasteiger partial charge >= 0.3 is 0 Å². The van der Waals surface area contributed by atoms with Crippen LogP contribution < -0.4 is 39.7 Å². The Hall–Kier alpha value is -1.29. The molecule has 280 valence electrons. The van der Waals surface area contributed by atoms with Gasteiger partial charge in [0.05, 0.1) is 36.9 Å². The van der Waals surface area contributed by atoms with E-state index in [4.69, 9.17) is 62.8 Å². The van der Waals surface area contributed by atoms with E-state index in [0.29, 0.717) is 0 Å². The number of carbonyl (C=O) groups excluding carboxylic acids is 1. The average Bonchev–Trinajstić information content (AvgIpc) is 3.36. The first-order chi connectivity index (χ1) is 22.8. The molecule has 4 rings (SSSR count). The van der Waals surface area contributed by atoms with Crippen molar-refractivity contribution in [2.45, 2.75) is 136 Å². The highest BCUT2D eigenvalue weighted by Gasteiger charge is 2.54. The number of nitrogens with one attached hydrogen (secondary N) is 1. The van der Waals surface area contributed by atoms with E-state index in [1.807, 2.05) is 0 Å². The number of carbonyl (C=O) groups is 1. The zero-order valence-electron chi connectivity index (χ0n) is 26.4. The van der Waals surface area contributed by atoms with Crippen molar-refractivity contribution in [2.75, 3.05) is 26.2 Å². The second-order valence-corrected chi connectivity index (χ2v) is 12.7. The van der Waals surface area contributed by atoms with Crippen molar-refractivity contribution in [3.8, 4) is 0 Å². The average molecular weight is 700 g/mol. The molecule has 3 saturated heterocycles. The van der Waals surface area contributed by atoms with Crippen LogP contribution in [0.1, 0.15) is 19.3 Å². The number of ether oxygens (including phenoxy) is 6. The molecule has 0 radical (unpaired) electrons. The molecule has 3 aliphatic heterocycles. The van der Waals surface area contributed by atoms with Gasteiger partial charge in [0.2, 0.25) is 5.91 Å². The first-order valence-corrected chi connectivity index (χ1v) is 16.0. The van der Waals surface area contributed by atoms with Gasteiger partial charge in [0.15, 0.2) is 18.9 Å². The first-order valence-electron chi connectivity index (χ1n) is 16.0. The van der Waals surface area contributed by atoms with Gasteiger partial charge in [-0.1, -0.05) is 0 Å². The molecule has 1 saturated carbocycles. The summed E-state index contributed by atoms with van der Waals surface area (Å²) in [5, 5.41) is 76.6. The lowest BCUT2D eigenvalue weighted by atomic mass is 9.83. The molecule has 4 fully saturated rings. The van der Waals surface area contributed by atoms with Crippen LogP contribution in [0.4, 0.5) is 0 Å². The van der Waals surface area contributed by atoms with E-state index in [1.54, 1.807) is 0 Å².